The highest BCUT2D eigenvalue weighted by atomic mass is 79.9. The Morgan fingerprint density at radius 1 is 1.20 bits per heavy atom. The minimum Gasteiger partial charge on any atom is -0.358 e. The fraction of sp³-hybridized carbons (Fsp3) is 0.364. The molecule has 0 N–H and O–H groups in total. The van der Waals surface area contributed by atoms with E-state index in [0.717, 1.165) is 23.2 Å². The molecule has 0 aliphatic carbocycles. The molecule has 78 valence electrons. The van der Waals surface area contributed by atoms with Gasteiger partial charge in [-0.2, -0.15) is 0 Å². The Morgan fingerprint density at radius 3 is 2.80 bits per heavy atom. The van der Waals surface area contributed by atoms with Gasteiger partial charge in [0.05, 0.1) is 5.52 Å². The van der Waals surface area contributed by atoms with Crippen LogP contribution >= 0.6 is 15.9 Å². The van der Waals surface area contributed by atoms with Crippen LogP contribution in [0.4, 0.5) is 5.82 Å². The molecule has 0 atom stereocenters. The Hall–Kier alpha value is -1.03. The summed E-state index contributed by atoms with van der Waals surface area (Å²) >= 11 is 3.46. The van der Waals surface area contributed by atoms with Crippen LogP contribution in [0.25, 0.3) is 5.52 Å². The van der Waals surface area contributed by atoms with Gasteiger partial charge < -0.3 is 4.90 Å². The predicted octanol–water partition coefficient (Wildman–Crippen LogP) is 2.70. The first-order valence-electron chi connectivity index (χ1n) is 5.23. The third-order valence-corrected chi connectivity index (χ3v) is 3.54. The number of imidazole rings is 1. The van der Waals surface area contributed by atoms with E-state index in [-0.39, 0.29) is 0 Å². The van der Waals surface area contributed by atoms with Gasteiger partial charge in [-0.15, -0.1) is 0 Å². The Kier molecular flexibility index (Phi) is 2.16. The summed E-state index contributed by atoms with van der Waals surface area (Å²) in [5, 5.41) is 0. The highest BCUT2D eigenvalue weighted by Gasteiger charge is 2.15. The minimum absolute atomic E-state index is 0.920. The van der Waals surface area contributed by atoms with E-state index in [1.165, 1.54) is 18.7 Å². The van der Waals surface area contributed by atoms with Gasteiger partial charge in [-0.1, -0.05) is 6.07 Å². The summed E-state index contributed by atoms with van der Waals surface area (Å²) in [6.07, 6.45) is 4.48. The summed E-state index contributed by atoms with van der Waals surface area (Å²) in [5.74, 6) is 1.25. The molecule has 1 fully saturated rings. The van der Waals surface area contributed by atoms with Crippen LogP contribution in [0.3, 0.4) is 0 Å². The third-order valence-electron chi connectivity index (χ3n) is 2.93. The number of pyridine rings is 1. The molecule has 1 saturated heterocycles. The van der Waals surface area contributed by atoms with Crippen molar-refractivity contribution in [3.63, 3.8) is 0 Å². The van der Waals surface area contributed by atoms with Crippen molar-refractivity contribution >= 4 is 27.3 Å². The number of halogens is 1. The van der Waals surface area contributed by atoms with Crippen LogP contribution in [0, 0.1) is 0 Å². The first-order chi connectivity index (χ1) is 7.36. The summed E-state index contributed by atoms with van der Waals surface area (Å²) < 4.78 is 3.07. The average Bonchev–Trinajstić information content (AvgIpc) is 2.88. The van der Waals surface area contributed by atoms with Crippen molar-refractivity contribution in [2.24, 2.45) is 0 Å². The van der Waals surface area contributed by atoms with E-state index in [0.29, 0.717) is 0 Å². The number of rotatable bonds is 1. The predicted molar refractivity (Wildman–Crippen MR) is 64.3 cm³/mol. The zero-order valence-corrected chi connectivity index (χ0v) is 9.94. The Balaban J connectivity index is 2.17. The van der Waals surface area contributed by atoms with Crippen molar-refractivity contribution in [3.8, 4) is 0 Å². The van der Waals surface area contributed by atoms with E-state index in [2.05, 4.69) is 48.4 Å². The second kappa shape index (κ2) is 3.52. The van der Waals surface area contributed by atoms with Gasteiger partial charge in [0.25, 0.3) is 0 Å². The molecule has 0 radical (unpaired) electrons. The van der Waals surface area contributed by atoms with E-state index >= 15 is 0 Å². The van der Waals surface area contributed by atoms with Crippen LogP contribution in [-0.2, 0) is 0 Å². The lowest BCUT2D eigenvalue weighted by molar-refractivity contribution is 0.916. The molecule has 0 saturated carbocycles. The molecule has 2 aromatic heterocycles. The van der Waals surface area contributed by atoms with Gasteiger partial charge in [-0.05, 0) is 40.9 Å². The second-order valence-electron chi connectivity index (χ2n) is 3.87. The van der Waals surface area contributed by atoms with Crippen LogP contribution in [0.2, 0.25) is 0 Å². The maximum absolute atomic E-state index is 4.28. The van der Waals surface area contributed by atoms with E-state index in [4.69, 9.17) is 0 Å². The fourth-order valence-electron chi connectivity index (χ4n) is 2.18. The van der Waals surface area contributed by atoms with Gasteiger partial charge in [-0.3, -0.25) is 4.40 Å². The van der Waals surface area contributed by atoms with Crippen LogP contribution < -0.4 is 4.90 Å². The first kappa shape index (κ1) is 9.21. The standard InChI is InChI=1S/C11H12BrN3/c12-11-9-4-3-5-10(15(9)8-13-11)14-6-1-2-7-14/h3-5,8H,1-2,6-7H2. The summed E-state index contributed by atoms with van der Waals surface area (Å²) in [6.45, 7) is 2.32. The van der Waals surface area contributed by atoms with Crippen molar-refractivity contribution in [1.82, 2.24) is 9.38 Å². The number of hydrogen-bond acceptors (Lipinski definition) is 2. The highest BCUT2D eigenvalue weighted by Crippen LogP contribution is 2.24. The second-order valence-corrected chi connectivity index (χ2v) is 4.62. The summed E-state index contributed by atoms with van der Waals surface area (Å²) in [6, 6.07) is 6.33. The quantitative estimate of drug-likeness (QED) is 0.791. The number of nitrogens with zero attached hydrogens (tertiary/aromatic N) is 3. The molecule has 3 heterocycles. The first-order valence-corrected chi connectivity index (χ1v) is 6.02. The third kappa shape index (κ3) is 1.44. The molecular formula is C11H12BrN3. The zero-order valence-electron chi connectivity index (χ0n) is 8.36. The van der Waals surface area contributed by atoms with E-state index in [1.54, 1.807) is 0 Å². The lowest BCUT2D eigenvalue weighted by Crippen LogP contribution is -2.20. The molecule has 3 nitrogen and oxygen atoms in total. The number of aromatic nitrogens is 2. The molecule has 1 aliphatic heterocycles. The minimum atomic E-state index is 0.920. The van der Waals surface area contributed by atoms with Crippen molar-refractivity contribution in [3.05, 3.63) is 29.1 Å². The number of fused-ring (bicyclic) bond motifs is 1. The van der Waals surface area contributed by atoms with E-state index < -0.39 is 0 Å². The van der Waals surface area contributed by atoms with E-state index in [1.807, 2.05) is 6.33 Å². The van der Waals surface area contributed by atoms with Gasteiger partial charge in [0, 0.05) is 13.1 Å². The molecular weight excluding hydrogens is 254 g/mol. The van der Waals surface area contributed by atoms with Gasteiger partial charge >= 0.3 is 0 Å². The average molecular weight is 266 g/mol. The maximum atomic E-state index is 4.28. The summed E-state index contributed by atoms with van der Waals surface area (Å²) in [4.78, 5) is 6.70. The lowest BCUT2D eigenvalue weighted by Gasteiger charge is -2.18. The van der Waals surface area contributed by atoms with Gasteiger partial charge in [0.2, 0.25) is 0 Å². The number of hydrogen-bond donors (Lipinski definition) is 0. The molecule has 3 rings (SSSR count). The van der Waals surface area contributed by atoms with Crippen LogP contribution in [-0.4, -0.2) is 22.5 Å². The molecule has 0 aromatic carbocycles. The highest BCUT2D eigenvalue weighted by molar-refractivity contribution is 9.10. The van der Waals surface area contributed by atoms with E-state index in [9.17, 15) is 0 Å². The molecule has 0 bridgehead atoms. The van der Waals surface area contributed by atoms with Crippen molar-refractivity contribution < 1.29 is 0 Å². The van der Waals surface area contributed by atoms with Crippen molar-refractivity contribution in [1.29, 1.82) is 0 Å². The largest absolute Gasteiger partial charge is 0.358 e. The Morgan fingerprint density at radius 2 is 2.00 bits per heavy atom. The van der Waals surface area contributed by atoms with Crippen molar-refractivity contribution in [2.45, 2.75) is 12.8 Å². The number of anilines is 1. The van der Waals surface area contributed by atoms with Crippen LogP contribution in [0.1, 0.15) is 12.8 Å². The van der Waals surface area contributed by atoms with Gasteiger partial charge in [-0.25, -0.2) is 4.98 Å². The smallest absolute Gasteiger partial charge is 0.131 e. The van der Waals surface area contributed by atoms with Gasteiger partial charge in [0.15, 0.2) is 0 Å². The summed E-state index contributed by atoms with van der Waals surface area (Å²) in [5.41, 5.74) is 1.14. The zero-order chi connectivity index (χ0) is 10.3. The fourth-order valence-corrected chi connectivity index (χ4v) is 2.59. The molecule has 4 heteroatoms. The molecule has 15 heavy (non-hydrogen) atoms. The molecule has 1 aliphatic rings. The molecule has 0 amide bonds. The maximum Gasteiger partial charge on any atom is 0.131 e. The molecule has 2 aromatic rings. The topological polar surface area (TPSA) is 20.5 Å². The normalized spacial score (nSPS) is 16.5. The molecule has 0 unspecified atom stereocenters. The Bertz CT molecular complexity index is 486. The van der Waals surface area contributed by atoms with Crippen LogP contribution in [0.5, 0.6) is 0 Å². The monoisotopic (exact) mass is 265 g/mol. The Labute approximate surface area is 96.9 Å². The SMILES string of the molecule is Brc1ncn2c(N3CCCC3)cccc12. The van der Waals surface area contributed by atoms with Crippen molar-refractivity contribution in [2.75, 3.05) is 18.0 Å². The summed E-state index contributed by atoms with van der Waals surface area (Å²) in [7, 11) is 0. The van der Waals surface area contributed by atoms with Gasteiger partial charge in [0.1, 0.15) is 16.7 Å². The molecule has 0 spiro atoms. The van der Waals surface area contributed by atoms with Crippen LogP contribution in [0.15, 0.2) is 29.1 Å². The lowest BCUT2D eigenvalue weighted by atomic mass is 10.4.